The number of hydrogen-bond acceptors (Lipinski definition) is 5. The first-order chi connectivity index (χ1) is 17.8. The lowest BCUT2D eigenvalue weighted by molar-refractivity contribution is -0.362. The quantitative estimate of drug-likeness (QED) is 0.207. The minimum absolute atomic E-state index is 0.0375. The van der Waals surface area contributed by atoms with Crippen LogP contribution in [-0.4, -0.2) is 41.6 Å². The second-order valence-electron chi connectivity index (χ2n) is 11.1. The fourth-order valence-corrected chi connectivity index (χ4v) is 7.47. The summed E-state index contributed by atoms with van der Waals surface area (Å²) in [5, 5.41) is 14.9. The summed E-state index contributed by atoms with van der Waals surface area (Å²) in [7, 11) is 0. The van der Waals surface area contributed by atoms with Crippen LogP contribution in [0.2, 0.25) is 0 Å². The van der Waals surface area contributed by atoms with Crippen molar-refractivity contribution in [2.45, 2.75) is 76.0 Å². The zero-order valence-corrected chi connectivity index (χ0v) is 21.2. The van der Waals surface area contributed by atoms with Crippen molar-refractivity contribution in [3.63, 3.8) is 0 Å². The molecule has 1 heterocycles. The monoisotopic (exact) mass is 539 g/mol. The lowest BCUT2D eigenvalue weighted by atomic mass is 9.50. The zero-order chi connectivity index (χ0) is 27.5. The van der Waals surface area contributed by atoms with Gasteiger partial charge in [-0.15, -0.1) is 0 Å². The molecule has 1 aromatic rings. The fourth-order valence-electron chi connectivity index (χ4n) is 7.47. The molecule has 4 unspecified atom stereocenters. The van der Waals surface area contributed by atoms with Gasteiger partial charge in [-0.2, -0.15) is 22.0 Å². The molecule has 5 rings (SSSR count). The van der Waals surface area contributed by atoms with Crippen LogP contribution >= 0.6 is 0 Å². The maximum absolute atomic E-state index is 15.0. The first kappa shape index (κ1) is 26.8. The Morgan fingerprint density at radius 3 is 2.53 bits per heavy atom. The Labute approximate surface area is 217 Å². The SMILES string of the molecule is CC(=O)ON=Cc1ccc(C2C[C@@]3(C)C(CCC3(O)C(F)(F)C(F)(F)F)C3CCC4=COCCC4=C23)cc1. The molecule has 38 heavy (non-hydrogen) atoms. The third-order valence-corrected chi connectivity index (χ3v) is 9.22. The van der Waals surface area contributed by atoms with Gasteiger partial charge in [-0.1, -0.05) is 41.9 Å². The van der Waals surface area contributed by atoms with Crippen molar-refractivity contribution in [1.82, 2.24) is 0 Å². The summed E-state index contributed by atoms with van der Waals surface area (Å²) in [5.41, 5.74) is -0.241. The number of alkyl halides is 5. The van der Waals surface area contributed by atoms with Gasteiger partial charge < -0.3 is 14.7 Å². The summed E-state index contributed by atoms with van der Waals surface area (Å²) in [6.07, 6.45) is -1.40. The predicted octanol–water partition coefficient (Wildman–Crippen LogP) is 6.43. The molecule has 10 heteroatoms. The van der Waals surface area contributed by atoms with Crippen molar-refractivity contribution < 1.29 is 41.4 Å². The summed E-state index contributed by atoms with van der Waals surface area (Å²) in [6.45, 7) is 3.12. The number of nitrogens with zero attached hydrogens (tertiary/aromatic N) is 1. The molecule has 0 aromatic heterocycles. The molecule has 206 valence electrons. The van der Waals surface area contributed by atoms with Gasteiger partial charge in [0, 0.05) is 24.7 Å². The van der Waals surface area contributed by atoms with Gasteiger partial charge in [0.15, 0.2) is 0 Å². The van der Waals surface area contributed by atoms with Gasteiger partial charge in [0.2, 0.25) is 0 Å². The van der Waals surface area contributed by atoms with E-state index in [0.29, 0.717) is 31.4 Å². The van der Waals surface area contributed by atoms with Crippen molar-refractivity contribution in [1.29, 1.82) is 0 Å². The number of rotatable bonds is 4. The normalized spacial score (nSPS) is 33.3. The van der Waals surface area contributed by atoms with Crippen molar-refractivity contribution in [3.8, 4) is 0 Å². The Kier molecular flexibility index (Phi) is 6.48. The van der Waals surface area contributed by atoms with Crippen LogP contribution < -0.4 is 0 Å². The van der Waals surface area contributed by atoms with Gasteiger partial charge >= 0.3 is 18.1 Å². The van der Waals surface area contributed by atoms with E-state index >= 15 is 8.78 Å². The van der Waals surface area contributed by atoms with Gasteiger partial charge in [-0.25, -0.2) is 4.79 Å². The maximum atomic E-state index is 15.0. The molecule has 1 N–H and O–H groups in total. The van der Waals surface area contributed by atoms with Crippen LogP contribution in [-0.2, 0) is 14.4 Å². The largest absolute Gasteiger partial charge is 0.501 e. The van der Waals surface area contributed by atoms with Crippen LogP contribution in [0.4, 0.5) is 22.0 Å². The summed E-state index contributed by atoms with van der Waals surface area (Å²) in [4.78, 5) is 15.5. The first-order valence-electron chi connectivity index (χ1n) is 12.8. The van der Waals surface area contributed by atoms with Gasteiger partial charge in [0.1, 0.15) is 5.60 Å². The Morgan fingerprint density at radius 2 is 1.87 bits per heavy atom. The van der Waals surface area contributed by atoms with Gasteiger partial charge in [0.05, 0.1) is 19.1 Å². The van der Waals surface area contributed by atoms with E-state index in [1.165, 1.54) is 20.1 Å². The lowest BCUT2D eigenvalue weighted by Gasteiger charge is -2.56. The third-order valence-electron chi connectivity index (χ3n) is 9.22. The van der Waals surface area contributed by atoms with Crippen molar-refractivity contribution in [2.75, 3.05) is 6.61 Å². The Morgan fingerprint density at radius 1 is 1.16 bits per heavy atom. The zero-order valence-electron chi connectivity index (χ0n) is 21.2. The summed E-state index contributed by atoms with van der Waals surface area (Å²) < 4.78 is 76.5. The fraction of sp³-hybridized carbons (Fsp3) is 0.571. The molecule has 5 nitrogen and oxygen atoms in total. The van der Waals surface area contributed by atoms with E-state index in [4.69, 9.17) is 4.74 Å². The van der Waals surface area contributed by atoms with Gasteiger partial charge in [0.25, 0.3) is 0 Å². The molecule has 3 aliphatic carbocycles. The molecule has 1 aromatic carbocycles. The molecule has 0 bridgehead atoms. The highest BCUT2D eigenvalue weighted by Crippen LogP contribution is 2.70. The number of carbonyl (C=O) groups excluding carboxylic acids is 1. The average Bonchev–Trinajstić information content (AvgIpc) is 3.14. The minimum Gasteiger partial charge on any atom is -0.501 e. The van der Waals surface area contributed by atoms with Crippen LogP contribution in [0.5, 0.6) is 0 Å². The standard InChI is InChI=1S/C28H30F5NO4/c1-16(35)38-34-14-17-3-5-18(6-4-17)22-13-25(2)23(9-11-26(25,36)27(29,30)28(31,32)33)21-8-7-19-15-37-12-10-20(19)24(21)22/h3-6,14-15,21-23,36H,7-13H2,1-2H3/t21?,22?,23?,25-,26?/m0/s1. The highest BCUT2D eigenvalue weighted by atomic mass is 19.4. The number of hydrogen-bond donors (Lipinski definition) is 1. The summed E-state index contributed by atoms with van der Waals surface area (Å²) in [6, 6.07) is 7.04. The van der Waals surface area contributed by atoms with E-state index in [2.05, 4.69) is 9.99 Å². The van der Waals surface area contributed by atoms with E-state index in [1.807, 2.05) is 0 Å². The van der Waals surface area contributed by atoms with Gasteiger partial charge in [-0.05, 0) is 66.2 Å². The molecular weight excluding hydrogens is 509 g/mol. The van der Waals surface area contributed by atoms with Crippen LogP contribution in [0.1, 0.15) is 69.4 Å². The maximum Gasteiger partial charge on any atom is 0.456 e. The molecule has 0 saturated heterocycles. The van der Waals surface area contributed by atoms with Crippen LogP contribution in [0, 0.1) is 17.3 Å². The average molecular weight is 540 g/mol. The number of ether oxygens (including phenoxy) is 1. The molecule has 1 aliphatic heterocycles. The summed E-state index contributed by atoms with van der Waals surface area (Å²) >= 11 is 0. The lowest BCUT2D eigenvalue weighted by Crippen LogP contribution is -2.65. The molecule has 2 saturated carbocycles. The number of carbonyl (C=O) groups is 1. The molecule has 0 amide bonds. The summed E-state index contributed by atoms with van der Waals surface area (Å²) in [5.74, 6) is -6.98. The van der Waals surface area contributed by atoms with Crippen LogP contribution in [0.15, 0.2) is 52.4 Å². The van der Waals surface area contributed by atoms with Crippen LogP contribution in [0.25, 0.3) is 0 Å². The number of benzene rings is 1. The third kappa shape index (κ3) is 3.98. The molecule has 0 spiro atoms. The van der Waals surface area contributed by atoms with Gasteiger partial charge in [-0.3, -0.25) is 0 Å². The Hall–Kier alpha value is -2.75. The van der Waals surface area contributed by atoms with E-state index in [0.717, 1.165) is 22.3 Å². The molecule has 0 radical (unpaired) electrons. The number of fused-ring (bicyclic) bond motifs is 4. The smallest absolute Gasteiger partial charge is 0.456 e. The number of aliphatic hydroxyl groups is 1. The second-order valence-corrected chi connectivity index (χ2v) is 11.1. The topological polar surface area (TPSA) is 68.1 Å². The Balaban J connectivity index is 1.60. The van der Waals surface area contributed by atoms with Crippen molar-refractivity contribution >= 4 is 12.2 Å². The molecule has 4 aliphatic rings. The first-order valence-corrected chi connectivity index (χ1v) is 12.8. The number of halogens is 5. The predicted molar refractivity (Wildman–Crippen MR) is 128 cm³/mol. The van der Waals surface area contributed by atoms with Crippen molar-refractivity contribution in [3.05, 3.63) is 58.4 Å². The van der Waals surface area contributed by atoms with Crippen LogP contribution in [0.3, 0.4) is 0 Å². The molecule has 5 atom stereocenters. The van der Waals surface area contributed by atoms with E-state index in [1.54, 1.807) is 30.5 Å². The number of oxime groups is 1. The molecular formula is C28H30F5NO4. The van der Waals surface area contributed by atoms with E-state index in [-0.39, 0.29) is 18.8 Å². The van der Waals surface area contributed by atoms with E-state index < -0.39 is 47.3 Å². The second kappa shape index (κ2) is 9.17. The van der Waals surface area contributed by atoms with E-state index in [9.17, 15) is 23.1 Å². The Bertz CT molecular complexity index is 1200. The molecule has 2 fully saturated rings. The van der Waals surface area contributed by atoms with Crippen molar-refractivity contribution in [2.24, 2.45) is 22.4 Å². The highest BCUT2D eigenvalue weighted by molar-refractivity contribution is 5.80. The number of allylic oxidation sites excluding steroid dienone is 2. The highest BCUT2D eigenvalue weighted by Gasteiger charge is 2.79. The minimum atomic E-state index is -5.86.